The Bertz CT molecular complexity index is 920. The molecule has 3 atom stereocenters. The third-order valence-corrected chi connectivity index (χ3v) is 8.41. The lowest BCUT2D eigenvalue weighted by Crippen LogP contribution is -2.42. The summed E-state index contributed by atoms with van der Waals surface area (Å²) in [5, 5.41) is 4.47. The molecular weight excluding hydrogens is 382 g/mol. The average Bonchev–Trinajstić information content (AvgIpc) is 3.10. The second-order valence-corrected chi connectivity index (χ2v) is 10.0. The van der Waals surface area contributed by atoms with Crippen LogP contribution in [0.1, 0.15) is 66.1 Å². The van der Waals surface area contributed by atoms with E-state index in [1.807, 2.05) is 0 Å². The van der Waals surface area contributed by atoms with Crippen molar-refractivity contribution in [2.24, 2.45) is 17.6 Å². The summed E-state index contributed by atoms with van der Waals surface area (Å²) in [5.41, 5.74) is 13.8. The summed E-state index contributed by atoms with van der Waals surface area (Å²) < 4.78 is 0. The summed E-state index contributed by atoms with van der Waals surface area (Å²) in [5.74, 6) is 2.69. The molecule has 29 heavy (non-hydrogen) atoms. The van der Waals surface area contributed by atoms with E-state index in [9.17, 15) is 4.79 Å². The number of anilines is 2. The molecule has 0 radical (unpaired) electrons. The van der Waals surface area contributed by atoms with E-state index in [2.05, 4.69) is 16.3 Å². The van der Waals surface area contributed by atoms with Crippen molar-refractivity contribution >= 4 is 39.0 Å². The number of pyridine rings is 1. The number of nitrogens with two attached hydrogens (primary N) is 2. The van der Waals surface area contributed by atoms with E-state index in [0.717, 1.165) is 66.9 Å². The number of thiophene rings is 1. The van der Waals surface area contributed by atoms with Crippen LogP contribution >= 0.6 is 11.3 Å². The summed E-state index contributed by atoms with van der Waals surface area (Å²) in [6.45, 7) is 4.20. The highest BCUT2D eigenvalue weighted by molar-refractivity contribution is 7.21. The predicted octanol–water partition coefficient (Wildman–Crippen LogP) is 3.46. The van der Waals surface area contributed by atoms with Crippen LogP contribution < -0.4 is 21.7 Å². The smallest absolute Gasteiger partial charge is 0.260 e. The van der Waals surface area contributed by atoms with E-state index >= 15 is 0 Å². The minimum Gasteiger partial charge on any atom is -0.397 e. The minimum absolute atomic E-state index is 0.401. The molecule has 2 aromatic rings. The second-order valence-electron chi connectivity index (χ2n) is 9.04. The fourth-order valence-corrected chi connectivity index (χ4v) is 6.70. The van der Waals surface area contributed by atoms with Crippen molar-refractivity contribution in [2.75, 3.05) is 36.8 Å². The summed E-state index contributed by atoms with van der Waals surface area (Å²) in [4.78, 5) is 20.7. The number of nitrogens with one attached hydrogen (secondary N) is 1. The summed E-state index contributed by atoms with van der Waals surface area (Å²) in [7, 11) is 0. The first-order chi connectivity index (χ1) is 14.1. The van der Waals surface area contributed by atoms with E-state index in [1.165, 1.54) is 49.0 Å². The Labute approximate surface area is 176 Å². The number of hydrogen-bond acceptors (Lipinski definition) is 6. The van der Waals surface area contributed by atoms with Crippen molar-refractivity contribution in [1.29, 1.82) is 0 Å². The van der Waals surface area contributed by atoms with Gasteiger partial charge in [0.25, 0.3) is 5.91 Å². The number of nitrogen functional groups attached to an aromatic ring is 1. The maximum atomic E-state index is 11.9. The highest BCUT2D eigenvalue weighted by Gasteiger charge is 2.33. The van der Waals surface area contributed by atoms with Gasteiger partial charge in [0, 0.05) is 25.0 Å². The third-order valence-electron chi connectivity index (χ3n) is 7.29. The SMILES string of the molecule is NC(=O)c1sc2nc(N3CCC4CCCCC4C3)cc(C3CCCNC3)c2c1N. The van der Waals surface area contributed by atoms with Crippen molar-refractivity contribution < 1.29 is 4.79 Å². The number of hydrogen-bond donors (Lipinski definition) is 3. The number of carbonyl (C=O) groups excluding carboxylic acids is 1. The zero-order valence-electron chi connectivity index (χ0n) is 17.0. The molecule has 1 amide bonds. The molecule has 5 N–H and O–H groups in total. The van der Waals surface area contributed by atoms with Crippen molar-refractivity contribution in [3.8, 4) is 0 Å². The third kappa shape index (κ3) is 3.48. The summed E-state index contributed by atoms with van der Waals surface area (Å²) in [6, 6.07) is 2.26. The van der Waals surface area contributed by atoms with Gasteiger partial charge in [-0.05, 0) is 61.6 Å². The molecule has 2 aliphatic heterocycles. The Kier molecular flexibility index (Phi) is 5.12. The first-order valence-corrected chi connectivity index (χ1v) is 11.9. The number of fused-ring (bicyclic) bond motifs is 2. The van der Waals surface area contributed by atoms with Gasteiger partial charge in [0.1, 0.15) is 15.5 Å². The Morgan fingerprint density at radius 2 is 2.00 bits per heavy atom. The minimum atomic E-state index is -0.456. The van der Waals surface area contributed by atoms with Gasteiger partial charge < -0.3 is 21.7 Å². The molecule has 3 fully saturated rings. The van der Waals surface area contributed by atoms with Gasteiger partial charge in [-0.2, -0.15) is 0 Å². The van der Waals surface area contributed by atoms with Gasteiger partial charge in [0.05, 0.1) is 5.69 Å². The molecule has 3 unspecified atom stereocenters. The number of carbonyl (C=O) groups is 1. The van der Waals surface area contributed by atoms with E-state index in [-0.39, 0.29) is 0 Å². The first kappa shape index (κ1) is 19.1. The second kappa shape index (κ2) is 7.76. The monoisotopic (exact) mass is 413 g/mol. The van der Waals surface area contributed by atoms with Crippen LogP contribution in [0.15, 0.2) is 6.07 Å². The van der Waals surface area contributed by atoms with Gasteiger partial charge in [-0.3, -0.25) is 4.79 Å². The average molecular weight is 414 g/mol. The van der Waals surface area contributed by atoms with Crippen molar-refractivity contribution in [3.05, 3.63) is 16.5 Å². The number of nitrogens with zero attached hydrogens (tertiary/aromatic N) is 2. The van der Waals surface area contributed by atoms with Gasteiger partial charge >= 0.3 is 0 Å². The van der Waals surface area contributed by atoms with Gasteiger partial charge in [-0.25, -0.2) is 4.98 Å². The normalized spacial score (nSPS) is 27.7. The molecule has 4 heterocycles. The van der Waals surface area contributed by atoms with Crippen LogP contribution in [0.5, 0.6) is 0 Å². The van der Waals surface area contributed by atoms with Crippen LogP contribution in [0.2, 0.25) is 0 Å². The van der Waals surface area contributed by atoms with Gasteiger partial charge in [-0.1, -0.05) is 19.3 Å². The topological polar surface area (TPSA) is 97.3 Å². The molecular formula is C22H31N5OS. The fraction of sp³-hybridized carbons (Fsp3) is 0.636. The van der Waals surface area contributed by atoms with Crippen LogP contribution in [-0.2, 0) is 0 Å². The molecule has 2 saturated heterocycles. The summed E-state index contributed by atoms with van der Waals surface area (Å²) >= 11 is 1.35. The molecule has 6 nitrogen and oxygen atoms in total. The standard InChI is InChI=1S/C22H31N5OS/c23-19-18-16(14-6-3-8-25-11-14)10-17(26-22(18)29-20(19)21(24)28)27-9-7-13-4-1-2-5-15(13)12-27/h10,13-15,25H,1-9,11-12,23H2,(H2,24,28). The molecule has 0 spiro atoms. The highest BCUT2D eigenvalue weighted by Crippen LogP contribution is 2.42. The molecule has 156 valence electrons. The maximum absolute atomic E-state index is 11.9. The van der Waals surface area contributed by atoms with Crippen LogP contribution in [0.25, 0.3) is 10.2 Å². The van der Waals surface area contributed by atoms with Gasteiger partial charge in [0.15, 0.2) is 0 Å². The van der Waals surface area contributed by atoms with Crippen LogP contribution in [0.3, 0.4) is 0 Å². The highest BCUT2D eigenvalue weighted by atomic mass is 32.1. The molecule has 2 aromatic heterocycles. The lowest BCUT2D eigenvalue weighted by Gasteiger charge is -2.42. The Morgan fingerprint density at radius 3 is 2.76 bits per heavy atom. The molecule has 0 bridgehead atoms. The van der Waals surface area contributed by atoms with Crippen molar-refractivity contribution in [2.45, 2.75) is 50.9 Å². The summed E-state index contributed by atoms with van der Waals surface area (Å²) in [6.07, 6.45) is 9.07. The number of primary amides is 1. The van der Waals surface area contributed by atoms with E-state index in [0.29, 0.717) is 16.5 Å². The van der Waals surface area contributed by atoms with Gasteiger partial charge in [-0.15, -0.1) is 11.3 Å². The van der Waals surface area contributed by atoms with E-state index < -0.39 is 5.91 Å². The Hall–Kier alpha value is -1.86. The molecule has 1 aliphatic carbocycles. The number of piperidine rings is 2. The molecule has 5 rings (SSSR count). The molecule has 7 heteroatoms. The van der Waals surface area contributed by atoms with Crippen molar-refractivity contribution in [1.82, 2.24) is 10.3 Å². The maximum Gasteiger partial charge on any atom is 0.260 e. The largest absolute Gasteiger partial charge is 0.397 e. The quantitative estimate of drug-likeness (QED) is 0.716. The number of aromatic nitrogens is 1. The zero-order valence-corrected chi connectivity index (χ0v) is 17.8. The fourth-order valence-electron chi connectivity index (χ4n) is 5.73. The van der Waals surface area contributed by atoms with Crippen LogP contribution in [0.4, 0.5) is 11.5 Å². The lowest BCUT2D eigenvalue weighted by atomic mass is 9.75. The number of amides is 1. The Balaban J connectivity index is 1.56. The molecule has 1 saturated carbocycles. The predicted molar refractivity (Wildman–Crippen MR) is 120 cm³/mol. The first-order valence-electron chi connectivity index (χ1n) is 11.1. The molecule has 0 aromatic carbocycles. The van der Waals surface area contributed by atoms with Crippen LogP contribution in [-0.4, -0.2) is 37.1 Å². The Morgan fingerprint density at radius 1 is 1.17 bits per heavy atom. The molecule has 3 aliphatic rings. The van der Waals surface area contributed by atoms with E-state index in [1.54, 1.807) is 0 Å². The number of rotatable bonds is 3. The lowest BCUT2D eigenvalue weighted by molar-refractivity contribution is 0.100. The van der Waals surface area contributed by atoms with Gasteiger partial charge in [0.2, 0.25) is 0 Å². The zero-order chi connectivity index (χ0) is 20.0. The van der Waals surface area contributed by atoms with E-state index in [4.69, 9.17) is 16.5 Å². The van der Waals surface area contributed by atoms with Crippen molar-refractivity contribution in [3.63, 3.8) is 0 Å². The van der Waals surface area contributed by atoms with Crippen LogP contribution in [0, 0.1) is 11.8 Å².